The smallest absolute Gasteiger partial charge is 0.258 e. The summed E-state index contributed by atoms with van der Waals surface area (Å²) in [6.45, 7) is 9.62. The van der Waals surface area contributed by atoms with E-state index in [-0.39, 0.29) is 11.4 Å². The SMILES string of the molecule is CCN1C(=O)/C(=C\c2ccc3c(c2)C(C)CC(C)(C)N3C)c2ccccc21. The molecule has 4 rings (SSSR count). The fourth-order valence-corrected chi connectivity index (χ4v) is 4.61. The fourth-order valence-electron chi connectivity index (χ4n) is 4.61. The van der Waals surface area contributed by atoms with Crippen molar-refractivity contribution in [3.8, 4) is 0 Å². The number of hydrogen-bond acceptors (Lipinski definition) is 2. The second-order valence-corrected chi connectivity index (χ2v) is 8.42. The number of para-hydroxylation sites is 1. The van der Waals surface area contributed by atoms with Crippen molar-refractivity contribution in [3.05, 3.63) is 59.2 Å². The number of hydrogen-bond donors (Lipinski definition) is 0. The van der Waals surface area contributed by atoms with E-state index in [2.05, 4.69) is 57.0 Å². The lowest BCUT2D eigenvalue weighted by atomic mass is 9.80. The Morgan fingerprint density at radius 3 is 2.63 bits per heavy atom. The summed E-state index contributed by atoms with van der Waals surface area (Å²) in [4.78, 5) is 17.2. The number of likely N-dealkylation sites (N-methyl/N-ethyl adjacent to an activating group) is 1. The molecule has 0 bridgehead atoms. The lowest BCUT2D eigenvalue weighted by Gasteiger charge is -2.45. The van der Waals surface area contributed by atoms with Gasteiger partial charge in [-0.3, -0.25) is 4.79 Å². The molecule has 0 spiro atoms. The molecule has 1 unspecified atom stereocenters. The number of nitrogens with zero attached hydrogens (tertiary/aromatic N) is 2. The van der Waals surface area contributed by atoms with E-state index in [1.807, 2.05) is 36.1 Å². The van der Waals surface area contributed by atoms with E-state index in [4.69, 9.17) is 0 Å². The van der Waals surface area contributed by atoms with Gasteiger partial charge in [-0.15, -0.1) is 0 Å². The monoisotopic (exact) mass is 360 g/mol. The third-order valence-electron chi connectivity index (χ3n) is 6.25. The van der Waals surface area contributed by atoms with E-state index in [0.717, 1.165) is 28.8 Å². The highest BCUT2D eigenvalue weighted by Gasteiger charge is 2.34. The van der Waals surface area contributed by atoms with Crippen molar-refractivity contribution in [3.63, 3.8) is 0 Å². The molecule has 2 heterocycles. The van der Waals surface area contributed by atoms with Gasteiger partial charge in [0.15, 0.2) is 0 Å². The van der Waals surface area contributed by atoms with Crippen LogP contribution in [-0.4, -0.2) is 25.0 Å². The van der Waals surface area contributed by atoms with Gasteiger partial charge < -0.3 is 9.80 Å². The highest BCUT2D eigenvalue weighted by Crippen LogP contribution is 2.43. The molecule has 140 valence electrons. The van der Waals surface area contributed by atoms with Crippen LogP contribution in [0.5, 0.6) is 0 Å². The zero-order valence-corrected chi connectivity index (χ0v) is 16.9. The van der Waals surface area contributed by atoms with Crippen molar-refractivity contribution < 1.29 is 4.79 Å². The van der Waals surface area contributed by atoms with Gasteiger partial charge in [0.2, 0.25) is 0 Å². The Hall–Kier alpha value is -2.55. The number of anilines is 2. The molecule has 0 radical (unpaired) electrons. The summed E-state index contributed by atoms with van der Waals surface area (Å²) >= 11 is 0. The van der Waals surface area contributed by atoms with Crippen LogP contribution in [0.25, 0.3) is 11.6 Å². The van der Waals surface area contributed by atoms with Crippen LogP contribution >= 0.6 is 0 Å². The Bertz CT molecular complexity index is 941. The van der Waals surface area contributed by atoms with Crippen molar-refractivity contribution in [2.24, 2.45) is 0 Å². The second-order valence-electron chi connectivity index (χ2n) is 8.42. The lowest BCUT2D eigenvalue weighted by molar-refractivity contribution is -0.112. The van der Waals surface area contributed by atoms with Crippen LogP contribution in [0.15, 0.2) is 42.5 Å². The number of amides is 1. The minimum absolute atomic E-state index is 0.0997. The maximum absolute atomic E-state index is 12.9. The van der Waals surface area contributed by atoms with Crippen LogP contribution in [0.4, 0.5) is 11.4 Å². The zero-order valence-electron chi connectivity index (χ0n) is 16.9. The van der Waals surface area contributed by atoms with Crippen LogP contribution in [0, 0.1) is 0 Å². The molecular formula is C24H28N2O. The molecule has 2 aromatic rings. The molecule has 0 N–H and O–H groups in total. The first-order valence-corrected chi connectivity index (χ1v) is 9.84. The maximum atomic E-state index is 12.9. The Kier molecular flexibility index (Phi) is 4.14. The summed E-state index contributed by atoms with van der Waals surface area (Å²) in [5.41, 5.74) is 6.78. The first kappa shape index (κ1) is 17.8. The second kappa shape index (κ2) is 6.26. The fraction of sp³-hybridized carbons (Fsp3) is 0.375. The molecule has 0 aromatic heterocycles. The summed E-state index contributed by atoms with van der Waals surface area (Å²) in [6, 6.07) is 14.7. The van der Waals surface area contributed by atoms with Gasteiger partial charge in [-0.2, -0.15) is 0 Å². The highest BCUT2D eigenvalue weighted by atomic mass is 16.2. The van der Waals surface area contributed by atoms with Gasteiger partial charge in [-0.25, -0.2) is 0 Å². The van der Waals surface area contributed by atoms with E-state index in [1.165, 1.54) is 11.3 Å². The van der Waals surface area contributed by atoms with Crippen LogP contribution in [0.2, 0.25) is 0 Å². The van der Waals surface area contributed by atoms with Gasteiger partial charge in [0.05, 0.1) is 5.69 Å². The summed E-state index contributed by atoms with van der Waals surface area (Å²) in [5, 5.41) is 0. The lowest BCUT2D eigenvalue weighted by Crippen LogP contribution is -2.45. The topological polar surface area (TPSA) is 23.6 Å². The van der Waals surface area contributed by atoms with Gasteiger partial charge in [-0.05, 0) is 68.5 Å². The van der Waals surface area contributed by atoms with E-state index < -0.39 is 0 Å². The number of carbonyl (C=O) groups excluding carboxylic acids is 1. The van der Waals surface area contributed by atoms with E-state index >= 15 is 0 Å². The van der Waals surface area contributed by atoms with Crippen molar-refractivity contribution in [1.82, 2.24) is 0 Å². The third kappa shape index (κ3) is 2.77. The van der Waals surface area contributed by atoms with Gasteiger partial charge in [0, 0.05) is 36.0 Å². The molecule has 3 heteroatoms. The Labute approximate surface area is 162 Å². The van der Waals surface area contributed by atoms with Crippen LogP contribution < -0.4 is 9.80 Å². The molecule has 27 heavy (non-hydrogen) atoms. The summed E-state index contributed by atoms with van der Waals surface area (Å²) in [5.74, 6) is 0.603. The third-order valence-corrected chi connectivity index (χ3v) is 6.25. The molecule has 0 aliphatic carbocycles. The Balaban J connectivity index is 1.78. The molecule has 0 fully saturated rings. The quantitative estimate of drug-likeness (QED) is 0.677. The largest absolute Gasteiger partial charge is 0.369 e. The number of rotatable bonds is 2. The standard InChI is InChI=1S/C24H28N2O/c1-6-26-22-10-8-7-9-18(22)20(23(26)27)14-17-11-12-21-19(13-17)16(2)15-24(3,4)25(21)5/h7-14,16H,6,15H2,1-5H3/b20-14-. The van der Waals surface area contributed by atoms with Crippen LogP contribution in [0.1, 0.15) is 56.7 Å². The molecule has 1 atom stereocenters. The van der Waals surface area contributed by atoms with Crippen molar-refractivity contribution >= 4 is 28.9 Å². The first-order chi connectivity index (χ1) is 12.8. The number of carbonyl (C=O) groups is 1. The van der Waals surface area contributed by atoms with E-state index in [1.54, 1.807) is 0 Å². The molecule has 2 aliphatic rings. The van der Waals surface area contributed by atoms with Crippen LogP contribution in [-0.2, 0) is 4.79 Å². The summed E-state index contributed by atoms with van der Waals surface area (Å²) < 4.78 is 0. The molecular weight excluding hydrogens is 332 g/mol. The van der Waals surface area contributed by atoms with Crippen molar-refractivity contribution in [1.29, 1.82) is 0 Å². The minimum atomic E-state index is 0.0997. The van der Waals surface area contributed by atoms with Crippen molar-refractivity contribution in [2.45, 2.75) is 45.6 Å². The predicted octanol–water partition coefficient (Wildman–Crippen LogP) is 5.32. The minimum Gasteiger partial charge on any atom is -0.369 e. The van der Waals surface area contributed by atoms with E-state index in [0.29, 0.717) is 12.5 Å². The normalized spacial score (nSPS) is 22.2. The highest BCUT2D eigenvalue weighted by molar-refractivity contribution is 6.35. The average Bonchev–Trinajstić information content (AvgIpc) is 2.91. The molecule has 0 saturated carbocycles. The number of benzene rings is 2. The molecule has 0 saturated heterocycles. The molecule has 1 amide bonds. The maximum Gasteiger partial charge on any atom is 0.258 e. The van der Waals surface area contributed by atoms with Gasteiger partial charge in [0.25, 0.3) is 5.91 Å². The number of fused-ring (bicyclic) bond motifs is 2. The van der Waals surface area contributed by atoms with Gasteiger partial charge in [0.1, 0.15) is 0 Å². The van der Waals surface area contributed by atoms with Crippen molar-refractivity contribution in [2.75, 3.05) is 23.4 Å². The first-order valence-electron chi connectivity index (χ1n) is 9.84. The zero-order chi connectivity index (χ0) is 19.3. The predicted molar refractivity (Wildman–Crippen MR) is 114 cm³/mol. The molecule has 2 aromatic carbocycles. The van der Waals surface area contributed by atoms with Gasteiger partial charge in [-0.1, -0.05) is 31.2 Å². The van der Waals surface area contributed by atoms with E-state index in [9.17, 15) is 4.79 Å². The molecule has 3 nitrogen and oxygen atoms in total. The Morgan fingerprint density at radius 1 is 1.15 bits per heavy atom. The summed E-state index contributed by atoms with van der Waals surface area (Å²) in [6.07, 6.45) is 3.19. The molecule has 2 aliphatic heterocycles. The van der Waals surface area contributed by atoms with Crippen LogP contribution in [0.3, 0.4) is 0 Å². The van der Waals surface area contributed by atoms with Gasteiger partial charge >= 0.3 is 0 Å². The average molecular weight is 361 g/mol. The summed E-state index contributed by atoms with van der Waals surface area (Å²) in [7, 11) is 2.18. The Morgan fingerprint density at radius 2 is 1.89 bits per heavy atom.